The number of amides is 1. The van der Waals surface area contributed by atoms with E-state index in [4.69, 9.17) is 9.72 Å². The molecule has 1 amide bonds. The largest absolute Gasteiger partial charge is 0.442 e. The van der Waals surface area contributed by atoms with E-state index in [0.29, 0.717) is 18.4 Å². The number of pyridine rings is 1. The highest BCUT2D eigenvalue weighted by Gasteiger charge is 2.69. The number of cyclic esters (lactones) is 1. The van der Waals surface area contributed by atoms with Crippen molar-refractivity contribution in [1.29, 1.82) is 5.26 Å². The van der Waals surface area contributed by atoms with Crippen LogP contribution in [0.5, 0.6) is 0 Å². The summed E-state index contributed by atoms with van der Waals surface area (Å²) in [5.41, 5.74) is 4.54. The van der Waals surface area contributed by atoms with Crippen LogP contribution in [0.2, 0.25) is 0 Å². The number of rotatable bonds is 4. The van der Waals surface area contributed by atoms with Gasteiger partial charge in [-0.2, -0.15) is 5.26 Å². The average molecular weight is 439 g/mol. The third kappa shape index (κ3) is 2.55. The van der Waals surface area contributed by atoms with Gasteiger partial charge in [-0.3, -0.25) is 9.88 Å². The highest BCUT2D eigenvalue weighted by molar-refractivity contribution is 5.94. The van der Waals surface area contributed by atoms with Gasteiger partial charge >= 0.3 is 6.09 Å². The molecule has 0 spiro atoms. The number of hydrogen-bond donors (Lipinski definition) is 1. The van der Waals surface area contributed by atoms with Crippen LogP contribution < -0.4 is 10.2 Å². The van der Waals surface area contributed by atoms with E-state index in [9.17, 15) is 10.1 Å². The van der Waals surface area contributed by atoms with E-state index < -0.39 is 5.41 Å². The molecule has 1 aromatic carbocycles. The molecule has 3 aliphatic heterocycles. The standard InChI is InChI=1S/C24H21N7O2/c25-13-24(17-10-26-11-18(17)24)22-4-2-15(9-27-22)14-1-3-19-16(7-14)8-20-21(33-23(32)31(19)20)12-30-6-5-28-29-30/h1-7,9,17-18,20-21,26H,8,10-12H2/t17-,18+,20-,21-,24-/m0/s1. The number of piperidine rings is 1. The summed E-state index contributed by atoms with van der Waals surface area (Å²) in [5.74, 6) is 0.749. The summed E-state index contributed by atoms with van der Waals surface area (Å²) in [6.07, 6.45) is 5.41. The minimum atomic E-state index is -0.425. The number of nitriles is 1. The number of fused-ring (bicyclic) bond motifs is 4. The molecular weight excluding hydrogens is 418 g/mol. The Balaban J connectivity index is 1.15. The zero-order valence-electron chi connectivity index (χ0n) is 17.8. The number of nitrogens with one attached hydrogen (secondary N) is 1. The molecule has 33 heavy (non-hydrogen) atoms. The number of aromatic nitrogens is 4. The van der Waals surface area contributed by atoms with Crippen molar-refractivity contribution < 1.29 is 9.53 Å². The number of hydrogen-bond acceptors (Lipinski definition) is 7. The van der Waals surface area contributed by atoms with Crippen LogP contribution in [0.25, 0.3) is 11.1 Å². The average Bonchev–Trinajstić information content (AvgIpc) is 3.44. The Hall–Kier alpha value is -3.77. The Morgan fingerprint density at radius 3 is 2.79 bits per heavy atom. The van der Waals surface area contributed by atoms with Gasteiger partial charge in [0.05, 0.1) is 36.2 Å². The topological polar surface area (TPSA) is 109 Å². The molecule has 2 aromatic heterocycles. The lowest BCUT2D eigenvalue weighted by atomic mass is 9.95. The number of benzene rings is 1. The van der Waals surface area contributed by atoms with Crippen LogP contribution in [0.3, 0.4) is 0 Å². The Morgan fingerprint density at radius 2 is 2.06 bits per heavy atom. The van der Waals surface area contributed by atoms with Gasteiger partial charge in [-0.05, 0) is 35.7 Å². The Bertz CT molecular complexity index is 1290. The summed E-state index contributed by atoms with van der Waals surface area (Å²) in [6.45, 7) is 2.27. The lowest BCUT2D eigenvalue weighted by Crippen LogP contribution is -2.35. The molecular formula is C24H21N7O2. The SMILES string of the molecule is N#C[C@@]1(c2ccc(-c3ccc4c(c3)C[C@H]3[C@H](Cn5ccnn5)OC(=O)N43)cn2)[C@@H]2CNC[C@@H]21. The maximum atomic E-state index is 12.6. The highest BCUT2D eigenvalue weighted by atomic mass is 16.6. The van der Waals surface area contributed by atoms with Gasteiger partial charge in [0.1, 0.15) is 11.5 Å². The second-order valence-corrected chi connectivity index (χ2v) is 9.32. The van der Waals surface area contributed by atoms with Gasteiger partial charge in [-0.15, -0.1) is 5.10 Å². The van der Waals surface area contributed by atoms with Crippen LogP contribution in [0.4, 0.5) is 10.5 Å². The lowest BCUT2D eigenvalue weighted by Gasteiger charge is -2.16. The van der Waals surface area contributed by atoms with Crippen LogP contribution >= 0.6 is 0 Å². The summed E-state index contributed by atoms with van der Waals surface area (Å²) in [6, 6.07) is 12.7. The third-order valence-corrected chi connectivity index (χ3v) is 7.80. The quantitative estimate of drug-likeness (QED) is 0.661. The van der Waals surface area contributed by atoms with E-state index in [0.717, 1.165) is 47.6 Å². The molecule has 2 saturated heterocycles. The number of anilines is 1. The molecule has 0 bridgehead atoms. The first-order valence-corrected chi connectivity index (χ1v) is 11.2. The van der Waals surface area contributed by atoms with Gasteiger partial charge in [0.15, 0.2) is 0 Å². The van der Waals surface area contributed by atoms with Crippen molar-refractivity contribution in [3.63, 3.8) is 0 Å². The smallest absolute Gasteiger partial charge is 0.415 e. The van der Waals surface area contributed by atoms with Crippen molar-refractivity contribution in [2.24, 2.45) is 11.8 Å². The molecule has 7 rings (SSSR count). The van der Waals surface area contributed by atoms with Crippen molar-refractivity contribution >= 4 is 11.8 Å². The summed E-state index contributed by atoms with van der Waals surface area (Å²) in [7, 11) is 0. The molecule has 1 aliphatic carbocycles. The number of carbonyl (C=O) groups excluding carboxylic acids is 1. The van der Waals surface area contributed by atoms with E-state index in [1.54, 1.807) is 22.0 Å². The highest BCUT2D eigenvalue weighted by Crippen LogP contribution is 2.60. The molecule has 9 heteroatoms. The summed E-state index contributed by atoms with van der Waals surface area (Å²) in [5, 5.41) is 21.0. The predicted molar refractivity (Wildman–Crippen MR) is 117 cm³/mol. The van der Waals surface area contributed by atoms with Gasteiger partial charge in [0.2, 0.25) is 0 Å². The first kappa shape index (κ1) is 18.8. The van der Waals surface area contributed by atoms with E-state index in [1.807, 2.05) is 24.4 Å². The number of ether oxygens (including phenoxy) is 1. The molecule has 5 heterocycles. The zero-order chi connectivity index (χ0) is 22.2. The minimum Gasteiger partial charge on any atom is -0.442 e. The Morgan fingerprint density at radius 1 is 1.21 bits per heavy atom. The van der Waals surface area contributed by atoms with Gasteiger partial charge < -0.3 is 10.1 Å². The van der Waals surface area contributed by atoms with Gasteiger partial charge in [0, 0.05) is 42.9 Å². The summed E-state index contributed by atoms with van der Waals surface area (Å²) < 4.78 is 7.32. The van der Waals surface area contributed by atoms with Crippen LogP contribution in [-0.2, 0) is 23.1 Å². The molecule has 3 aromatic rings. The molecule has 4 aliphatic rings. The molecule has 5 atom stereocenters. The predicted octanol–water partition coefficient (Wildman–Crippen LogP) is 1.90. The van der Waals surface area contributed by atoms with Gasteiger partial charge in [0.25, 0.3) is 0 Å². The second-order valence-electron chi connectivity index (χ2n) is 9.32. The van der Waals surface area contributed by atoms with Crippen molar-refractivity contribution in [1.82, 2.24) is 25.3 Å². The van der Waals surface area contributed by atoms with E-state index in [2.05, 4.69) is 33.8 Å². The zero-order valence-corrected chi connectivity index (χ0v) is 17.8. The molecule has 0 unspecified atom stereocenters. The number of carbonyl (C=O) groups is 1. The maximum absolute atomic E-state index is 12.6. The summed E-state index contributed by atoms with van der Waals surface area (Å²) in [4.78, 5) is 19.0. The van der Waals surface area contributed by atoms with Gasteiger partial charge in [-0.25, -0.2) is 9.48 Å². The van der Waals surface area contributed by atoms with Crippen molar-refractivity contribution in [3.05, 3.63) is 60.2 Å². The monoisotopic (exact) mass is 439 g/mol. The molecule has 9 nitrogen and oxygen atoms in total. The molecule has 1 N–H and O–H groups in total. The van der Waals surface area contributed by atoms with Crippen molar-refractivity contribution in [2.45, 2.75) is 30.5 Å². The Kier molecular flexibility index (Phi) is 3.77. The second kappa shape index (κ2) is 6.62. The fraction of sp³-hybridized carbons (Fsp3) is 0.375. The lowest BCUT2D eigenvalue weighted by molar-refractivity contribution is 0.117. The van der Waals surface area contributed by atoms with Crippen molar-refractivity contribution in [2.75, 3.05) is 18.0 Å². The molecule has 0 radical (unpaired) electrons. The number of nitrogens with zero attached hydrogens (tertiary/aromatic N) is 6. The fourth-order valence-corrected chi connectivity index (χ4v) is 6.08. The molecule has 1 saturated carbocycles. The third-order valence-electron chi connectivity index (χ3n) is 7.80. The van der Waals surface area contributed by atoms with Gasteiger partial charge in [-0.1, -0.05) is 17.3 Å². The van der Waals surface area contributed by atoms with E-state index >= 15 is 0 Å². The van der Waals surface area contributed by atoms with Crippen LogP contribution in [-0.4, -0.2) is 51.3 Å². The van der Waals surface area contributed by atoms with E-state index in [1.165, 1.54) is 0 Å². The van der Waals surface area contributed by atoms with Crippen LogP contribution in [0.15, 0.2) is 48.9 Å². The fourth-order valence-electron chi connectivity index (χ4n) is 6.08. The summed E-state index contributed by atoms with van der Waals surface area (Å²) >= 11 is 0. The Labute approximate surface area is 190 Å². The molecule has 164 valence electrons. The van der Waals surface area contributed by atoms with E-state index in [-0.39, 0.29) is 18.2 Å². The first-order valence-electron chi connectivity index (χ1n) is 11.2. The molecule has 3 fully saturated rings. The maximum Gasteiger partial charge on any atom is 0.415 e. The van der Waals surface area contributed by atoms with Crippen LogP contribution in [0.1, 0.15) is 11.3 Å². The van der Waals surface area contributed by atoms with Crippen LogP contribution in [0, 0.1) is 23.2 Å². The van der Waals surface area contributed by atoms with Crippen molar-refractivity contribution in [3.8, 4) is 17.2 Å². The minimum absolute atomic E-state index is 0.0502. The first-order chi connectivity index (χ1) is 16.2. The normalized spacial score (nSPS) is 31.0.